The molecule has 21 heavy (non-hydrogen) atoms. The third-order valence-electron chi connectivity index (χ3n) is 3.72. The van der Waals surface area contributed by atoms with Gasteiger partial charge in [0.05, 0.1) is 5.69 Å². The van der Waals surface area contributed by atoms with Gasteiger partial charge < -0.3 is 0 Å². The van der Waals surface area contributed by atoms with E-state index in [1.54, 1.807) is 6.07 Å². The first kappa shape index (κ1) is 14.6. The van der Waals surface area contributed by atoms with Crippen LogP contribution in [0.25, 0.3) is 0 Å². The number of fused-ring (bicyclic) bond motifs is 1. The van der Waals surface area contributed by atoms with Crippen molar-refractivity contribution >= 4 is 31.6 Å². The average molecular weight is 366 g/mol. The van der Waals surface area contributed by atoms with Crippen molar-refractivity contribution in [3.8, 4) is 0 Å². The predicted octanol–water partition coefficient (Wildman–Crippen LogP) is 3.90. The van der Waals surface area contributed by atoms with Crippen molar-refractivity contribution in [2.24, 2.45) is 0 Å². The molecule has 0 bridgehead atoms. The second-order valence-corrected chi connectivity index (χ2v) is 7.93. The lowest BCUT2D eigenvalue weighted by Gasteiger charge is -2.30. The minimum Gasteiger partial charge on any atom is -0.266 e. The van der Waals surface area contributed by atoms with Crippen LogP contribution in [-0.4, -0.2) is 15.0 Å². The molecule has 3 nitrogen and oxygen atoms in total. The summed E-state index contributed by atoms with van der Waals surface area (Å²) in [5.41, 5.74) is 2.92. The maximum atomic E-state index is 13.0. The van der Waals surface area contributed by atoms with Gasteiger partial charge >= 0.3 is 0 Å². The molecule has 5 heteroatoms. The zero-order chi connectivity index (χ0) is 15.0. The minimum atomic E-state index is -3.54. The van der Waals surface area contributed by atoms with Crippen molar-refractivity contribution in [3.05, 3.63) is 58.1 Å². The first-order chi connectivity index (χ1) is 10.00. The molecule has 2 aromatic carbocycles. The Morgan fingerprint density at radius 1 is 1.14 bits per heavy atom. The monoisotopic (exact) mass is 365 g/mol. The van der Waals surface area contributed by atoms with Crippen LogP contribution in [0.5, 0.6) is 0 Å². The van der Waals surface area contributed by atoms with Gasteiger partial charge in [0.15, 0.2) is 0 Å². The van der Waals surface area contributed by atoms with E-state index >= 15 is 0 Å². The van der Waals surface area contributed by atoms with Crippen molar-refractivity contribution in [2.75, 3.05) is 10.8 Å². The predicted molar refractivity (Wildman–Crippen MR) is 88.2 cm³/mol. The highest BCUT2D eigenvalue weighted by atomic mass is 79.9. The zero-order valence-corrected chi connectivity index (χ0v) is 14.1. The fraction of sp³-hybridized carbons (Fsp3) is 0.250. The van der Waals surface area contributed by atoms with Crippen LogP contribution >= 0.6 is 15.9 Å². The quantitative estimate of drug-likeness (QED) is 0.809. The van der Waals surface area contributed by atoms with Crippen molar-refractivity contribution in [3.63, 3.8) is 0 Å². The number of benzene rings is 2. The summed E-state index contributed by atoms with van der Waals surface area (Å²) in [4.78, 5) is 0.324. The molecule has 2 aromatic rings. The van der Waals surface area contributed by atoms with Gasteiger partial charge in [-0.25, -0.2) is 8.42 Å². The van der Waals surface area contributed by atoms with Crippen LogP contribution < -0.4 is 4.31 Å². The van der Waals surface area contributed by atoms with E-state index in [-0.39, 0.29) is 0 Å². The highest BCUT2D eigenvalue weighted by Crippen LogP contribution is 2.34. The smallest absolute Gasteiger partial charge is 0.265 e. The number of sulfonamides is 1. The maximum Gasteiger partial charge on any atom is 0.265 e. The molecule has 0 aliphatic carbocycles. The summed E-state index contributed by atoms with van der Waals surface area (Å²) >= 11 is 3.38. The van der Waals surface area contributed by atoms with Crippen LogP contribution in [0.15, 0.2) is 51.8 Å². The van der Waals surface area contributed by atoms with Gasteiger partial charge in [0.1, 0.15) is 4.90 Å². The average Bonchev–Trinajstić information content (AvgIpc) is 2.46. The van der Waals surface area contributed by atoms with Crippen molar-refractivity contribution in [2.45, 2.75) is 24.7 Å². The van der Waals surface area contributed by atoms with Gasteiger partial charge in [0, 0.05) is 11.0 Å². The highest BCUT2D eigenvalue weighted by molar-refractivity contribution is 9.10. The van der Waals surface area contributed by atoms with E-state index in [0.717, 1.165) is 29.7 Å². The van der Waals surface area contributed by atoms with E-state index in [2.05, 4.69) is 15.9 Å². The van der Waals surface area contributed by atoms with Gasteiger partial charge in [-0.3, -0.25) is 4.31 Å². The molecule has 1 aliphatic rings. The molecule has 0 fully saturated rings. The Labute approximate surface area is 133 Å². The standard InChI is InChI=1S/C16H16BrNO2S/c1-12-8-9-16(14(17)11-12)21(19,20)18-10-4-6-13-5-2-3-7-15(13)18/h2-3,5,7-9,11H,4,6,10H2,1H3. The van der Waals surface area contributed by atoms with E-state index in [4.69, 9.17) is 0 Å². The summed E-state index contributed by atoms with van der Waals surface area (Å²) in [7, 11) is -3.54. The number of hydrogen-bond donors (Lipinski definition) is 0. The first-order valence-corrected chi connectivity index (χ1v) is 9.10. The molecule has 3 rings (SSSR count). The van der Waals surface area contributed by atoms with Crippen LogP contribution in [0.4, 0.5) is 5.69 Å². The largest absolute Gasteiger partial charge is 0.266 e. The van der Waals surface area contributed by atoms with Gasteiger partial charge in [0.25, 0.3) is 10.0 Å². The molecule has 1 heterocycles. The van der Waals surface area contributed by atoms with Crippen molar-refractivity contribution < 1.29 is 8.42 Å². The van der Waals surface area contributed by atoms with Gasteiger partial charge in [-0.1, -0.05) is 24.3 Å². The molecule has 0 saturated heterocycles. The Kier molecular flexibility index (Phi) is 3.80. The molecule has 0 radical (unpaired) electrons. The molecule has 0 N–H and O–H groups in total. The van der Waals surface area contributed by atoms with E-state index in [9.17, 15) is 8.42 Å². The number of halogens is 1. The molecule has 0 aromatic heterocycles. The zero-order valence-electron chi connectivity index (χ0n) is 11.7. The highest BCUT2D eigenvalue weighted by Gasteiger charge is 2.30. The number of anilines is 1. The molecule has 0 unspecified atom stereocenters. The van der Waals surface area contributed by atoms with Crippen LogP contribution in [0.2, 0.25) is 0 Å². The lowest BCUT2D eigenvalue weighted by Crippen LogP contribution is -2.35. The van der Waals surface area contributed by atoms with Crippen LogP contribution in [0.3, 0.4) is 0 Å². The number of hydrogen-bond acceptors (Lipinski definition) is 2. The lowest BCUT2D eigenvalue weighted by molar-refractivity contribution is 0.586. The van der Waals surface area contributed by atoms with Gasteiger partial charge in [-0.2, -0.15) is 0 Å². The Hall–Kier alpha value is -1.33. The van der Waals surface area contributed by atoms with Crippen molar-refractivity contribution in [1.82, 2.24) is 0 Å². The molecule has 0 atom stereocenters. The molecule has 0 spiro atoms. The Bertz CT molecular complexity index is 787. The summed E-state index contributed by atoms with van der Waals surface area (Å²) in [6, 6.07) is 13.1. The summed E-state index contributed by atoms with van der Waals surface area (Å²) in [6.07, 6.45) is 1.77. The normalized spacial score (nSPS) is 14.9. The minimum absolute atomic E-state index is 0.324. The number of aryl methyl sites for hydroxylation is 2. The fourth-order valence-corrected chi connectivity index (χ4v) is 5.38. The molecule has 0 amide bonds. The van der Waals surface area contributed by atoms with Crippen LogP contribution in [0, 0.1) is 6.92 Å². The molecular formula is C16H16BrNO2S. The third-order valence-corrected chi connectivity index (χ3v) is 6.51. The number of para-hydroxylation sites is 1. The second-order valence-electron chi connectivity index (χ2n) is 5.24. The second kappa shape index (κ2) is 5.46. The molecule has 0 saturated carbocycles. The van der Waals surface area contributed by atoms with E-state index in [1.807, 2.05) is 43.3 Å². The van der Waals surface area contributed by atoms with Gasteiger partial charge in [0.2, 0.25) is 0 Å². The summed E-state index contributed by atoms with van der Waals surface area (Å²) in [6.45, 7) is 2.47. The summed E-state index contributed by atoms with van der Waals surface area (Å²) < 4.78 is 28.1. The van der Waals surface area contributed by atoms with E-state index in [1.165, 1.54) is 4.31 Å². The topological polar surface area (TPSA) is 37.4 Å². The fourth-order valence-electron chi connectivity index (χ4n) is 2.68. The van der Waals surface area contributed by atoms with Gasteiger partial charge in [-0.05, 0) is 65.0 Å². The summed E-state index contributed by atoms with van der Waals surface area (Å²) in [5, 5.41) is 0. The number of nitrogens with zero attached hydrogens (tertiary/aromatic N) is 1. The van der Waals surface area contributed by atoms with Gasteiger partial charge in [-0.15, -0.1) is 0 Å². The van der Waals surface area contributed by atoms with E-state index < -0.39 is 10.0 Å². The van der Waals surface area contributed by atoms with E-state index in [0.29, 0.717) is 15.9 Å². The Morgan fingerprint density at radius 2 is 1.90 bits per heavy atom. The first-order valence-electron chi connectivity index (χ1n) is 6.87. The Balaban J connectivity index is 2.12. The van der Waals surface area contributed by atoms with Crippen LogP contribution in [-0.2, 0) is 16.4 Å². The molecular weight excluding hydrogens is 350 g/mol. The molecule has 1 aliphatic heterocycles. The Morgan fingerprint density at radius 3 is 2.67 bits per heavy atom. The summed E-state index contributed by atoms with van der Waals surface area (Å²) in [5.74, 6) is 0. The molecule has 110 valence electrons. The lowest BCUT2D eigenvalue weighted by atomic mass is 10.0. The SMILES string of the molecule is Cc1ccc(S(=O)(=O)N2CCCc3ccccc32)c(Br)c1. The van der Waals surface area contributed by atoms with Crippen LogP contribution in [0.1, 0.15) is 17.5 Å². The number of rotatable bonds is 2. The third kappa shape index (κ3) is 2.60. The van der Waals surface area contributed by atoms with Crippen molar-refractivity contribution in [1.29, 1.82) is 0 Å². The maximum absolute atomic E-state index is 13.0.